The van der Waals surface area contributed by atoms with Gasteiger partial charge in [0, 0.05) is 38.2 Å². The molecule has 0 atom stereocenters. The second-order valence-corrected chi connectivity index (χ2v) is 3.83. The van der Waals surface area contributed by atoms with Crippen LogP contribution in [0.4, 0.5) is 0 Å². The summed E-state index contributed by atoms with van der Waals surface area (Å²) >= 11 is 0. The van der Waals surface area contributed by atoms with Gasteiger partial charge in [0.25, 0.3) is 0 Å². The highest BCUT2D eigenvalue weighted by Gasteiger charge is 2.14. The molecule has 1 aliphatic rings. The molecule has 0 unspecified atom stereocenters. The molecule has 1 aromatic heterocycles. The number of aromatic nitrogens is 2. The number of imidazole rings is 1. The predicted molar refractivity (Wildman–Crippen MR) is 56.1 cm³/mol. The van der Waals surface area contributed by atoms with Crippen LogP contribution in [-0.4, -0.2) is 22.0 Å². The van der Waals surface area contributed by atoms with Crippen LogP contribution >= 0.6 is 0 Å². The normalized spacial score (nSPS) is 14.9. The zero-order valence-electron chi connectivity index (χ0n) is 8.70. The Balaban J connectivity index is 1.96. The van der Waals surface area contributed by atoms with Gasteiger partial charge in [-0.2, -0.15) is 0 Å². The van der Waals surface area contributed by atoms with Crippen LogP contribution in [0.15, 0.2) is 6.33 Å². The summed E-state index contributed by atoms with van der Waals surface area (Å²) in [6, 6.07) is 0. The third-order valence-electron chi connectivity index (χ3n) is 2.69. The molecule has 1 aliphatic heterocycles. The van der Waals surface area contributed by atoms with Gasteiger partial charge >= 0.3 is 0 Å². The number of fused-ring (bicyclic) bond motifs is 1. The molecule has 15 heavy (non-hydrogen) atoms. The summed E-state index contributed by atoms with van der Waals surface area (Å²) in [4.78, 5) is 14.9. The Morgan fingerprint density at radius 3 is 3.33 bits per heavy atom. The molecule has 2 rings (SSSR count). The van der Waals surface area contributed by atoms with E-state index in [1.54, 1.807) is 0 Å². The molecule has 1 amide bonds. The number of amides is 1. The minimum Gasteiger partial charge on any atom is -0.370 e. The Bertz CT molecular complexity index is 358. The molecule has 3 N–H and O–H groups in total. The smallest absolute Gasteiger partial charge is 0.217 e. The minimum atomic E-state index is -0.231. The first kappa shape index (κ1) is 10.2. The topological polar surface area (TPSA) is 72.9 Å². The molecule has 0 aromatic carbocycles. The van der Waals surface area contributed by atoms with Crippen molar-refractivity contribution in [1.29, 1.82) is 0 Å². The van der Waals surface area contributed by atoms with E-state index in [1.807, 2.05) is 6.33 Å². The molecule has 2 heterocycles. The Kier molecular flexibility index (Phi) is 3.01. The van der Waals surface area contributed by atoms with E-state index < -0.39 is 0 Å². The summed E-state index contributed by atoms with van der Waals surface area (Å²) in [6.07, 6.45) is 4.13. The van der Waals surface area contributed by atoms with Gasteiger partial charge in [0.05, 0.1) is 12.0 Å². The molecule has 1 aromatic rings. The number of hydrogen-bond acceptors (Lipinski definition) is 3. The largest absolute Gasteiger partial charge is 0.370 e. The summed E-state index contributed by atoms with van der Waals surface area (Å²) < 4.78 is 2.14. The predicted octanol–water partition coefficient (Wildman–Crippen LogP) is -0.206. The van der Waals surface area contributed by atoms with Crippen molar-refractivity contribution in [2.24, 2.45) is 5.73 Å². The highest BCUT2D eigenvalue weighted by Crippen LogP contribution is 2.12. The van der Waals surface area contributed by atoms with Gasteiger partial charge in [-0.3, -0.25) is 4.79 Å². The molecular formula is C10H16N4O. The molecule has 82 valence electrons. The van der Waals surface area contributed by atoms with Crippen molar-refractivity contribution in [3.05, 3.63) is 17.7 Å². The second kappa shape index (κ2) is 4.44. The van der Waals surface area contributed by atoms with Gasteiger partial charge in [-0.15, -0.1) is 0 Å². The van der Waals surface area contributed by atoms with Crippen LogP contribution < -0.4 is 11.1 Å². The number of aryl methyl sites for hydroxylation is 1. The van der Waals surface area contributed by atoms with Crippen LogP contribution in [0.1, 0.15) is 24.2 Å². The van der Waals surface area contributed by atoms with Crippen molar-refractivity contribution in [1.82, 2.24) is 14.9 Å². The number of carbonyl (C=O) groups excluding carboxylic acids is 1. The van der Waals surface area contributed by atoms with E-state index in [-0.39, 0.29) is 5.91 Å². The number of carbonyl (C=O) groups is 1. The average molecular weight is 208 g/mol. The lowest BCUT2D eigenvalue weighted by atomic mass is 10.2. The van der Waals surface area contributed by atoms with Crippen LogP contribution in [0.2, 0.25) is 0 Å². The van der Waals surface area contributed by atoms with E-state index >= 15 is 0 Å². The van der Waals surface area contributed by atoms with Crippen molar-refractivity contribution in [2.45, 2.75) is 32.4 Å². The third kappa shape index (κ3) is 2.36. The minimum absolute atomic E-state index is 0.231. The molecular weight excluding hydrogens is 192 g/mol. The summed E-state index contributed by atoms with van der Waals surface area (Å²) in [7, 11) is 0. The zero-order valence-corrected chi connectivity index (χ0v) is 8.70. The maximum atomic E-state index is 10.6. The van der Waals surface area contributed by atoms with Crippen molar-refractivity contribution in [3.63, 3.8) is 0 Å². The van der Waals surface area contributed by atoms with E-state index in [0.717, 1.165) is 38.2 Å². The highest BCUT2D eigenvalue weighted by molar-refractivity contribution is 5.73. The van der Waals surface area contributed by atoms with E-state index in [2.05, 4.69) is 14.9 Å². The van der Waals surface area contributed by atoms with Crippen LogP contribution in [0, 0.1) is 0 Å². The number of rotatable bonds is 4. The molecule has 0 fully saturated rings. The summed E-state index contributed by atoms with van der Waals surface area (Å²) in [5, 5.41) is 3.28. The number of primary amides is 1. The number of nitrogens with two attached hydrogens (primary N) is 1. The highest BCUT2D eigenvalue weighted by atomic mass is 16.1. The molecule has 5 nitrogen and oxygen atoms in total. The van der Waals surface area contributed by atoms with Gasteiger partial charge in [-0.25, -0.2) is 4.98 Å². The van der Waals surface area contributed by atoms with Crippen LogP contribution in [0.25, 0.3) is 0 Å². The van der Waals surface area contributed by atoms with E-state index in [9.17, 15) is 4.79 Å². The quantitative estimate of drug-likeness (QED) is 0.719. The monoisotopic (exact) mass is 208 g/mol. The maximum absolute atomic E-state index is 10.6. The van der Waals surface area contributed by atoms with Crippen molar-refractivity contribution >= 4 is 5.91 Å². The van der Waals surface area contributed by atoms with Crippen LogP contribution in [0.5, 0.6) is 0 Å². The number of hydrogen-bond donors (Lipinski definition) is 2. The Morgan fingerprint density at radius 1 is 1.67 bits per heavy atom. The number of nitrogens with zero attached hydrogens (tertiary/aromatic N) is 2. The maximum Gasteiger partial charge on any atom is 0.217 e. The lowest BCUT2D eigenvalue weighted by molar-refractivity contribution is -0.118. The average Bonchev–Trinajstić information content (AvgIpc) is 2.62. The fraction of sp³-hybridized carbons (Fsp3) is 0.600. The lowest BCUT2D eigenvalue weighted by Crippen LogP contribution is -2.25. The van der Waals surface area contributed by atoms with Crippen molar-refractivity contribution < 1.29 is 4.79 Å². The van der Waals surface area contributed by atoms with Crippen molar-refractivity contribution in [3.8, 4) is 0 Å². The van der Waals surface area contributed by atoms with Crippen molar-refractivity contribution in [2.75, 3.05) is 6.54 Å². The van der Waals surface area contributed by atoms with E-state index in [4.69, 9.17) is 5.73 Å². The SMILES string of the molecule is NC(=O)CCCn1cnc2c1CCNC2. The van der Waals surface area contributed by atoms with Crippen LogP contribution in [0.3, 0.4) is 0 Å². The Hall–Kier alpha value is -1.36. The molecule has 0 saturated carbocycles. The molecule has 0 radical (unpaired) electrons. The molecule has 5 heteroatoms. The summed E-state index contributed by atoms with van der Waals surface area (Å²) in [6.45, 7) is 2.71. The zero-order chi connectivity index (χ0) is 10.7. The first-order valence-electron chi connectivity index (χ1n) is 5.29. The van der Waals surface area contributed by atoms with Gasteiger partial charge in [0.1, 0.15) is 0 Å². The van der Waals surface area contributed by atoms with Gasteiger partial charge in [0.15, 0.2) is 0 Å². The molecule has 0 bridgehead atoms. The second-order valence-electron chi connectivity index (χ2n) is 3.83. The van der Waals surface area contributed by atoms with E-state index in [0.29, 0.717) is 6.42 Å². The molecule has 0 saturated heterocycles. The number of nitrogens with one attached hydrogen (secondary N) is 1. The van der Waals surface area contributed by atoms with Gasteiger partial charge in [0.2, 0.25) is 5.91 Å². The first-order chi connectivity index (χ1) is 7.27. The lowest BCUT2D eigenvalue weighted by Gasteiger charge is -2.14. The summed E-state index contributed by atoms with van der Waals surface area (Å²) in [5.41, 5.74) is 7.54. The van der Waals surface area contributed by atoms with Crippen LogP contribution in [-0.2, 0) is 24.3 Å². The molecule has 0 aliphatic carbocycles. The first-order valence-corrected chi connectivity index (χ1v) is 5.29. The Labute approximate surface area is 88.7 Å². The summed E-state index contributed by atoms with van der Waals surface area (Å²) in [5.74, 6) is -0.231. The standard InChI is InChI=1S/C10H16N4O/c11-10(15)2-1-5-14-7-13-8-6-12-4-3-9(8)14/h7,12H,1-6H2,(H2,11,15). The van der Waals surface area contributed by atoms with E-state index in [1.165, 1.54) is 5.69 Å². The van der Waals surface area contributed by atoms with Gasteiger partial charge in [-0.1, -0.05) is 0 Å². The van der Waals surface area contributed by atoms with Gasteiger partial charge in [-0.05, 0) is 6.42 Å². The fourth-order valence-electron chi connectivity index (χ4n) is 1.91. The Morgan fingerprint density at radius 2 is 2.53 bits per heavy atom. The fourth-order valence-corrected chi connectivity index (χ4v) is 1.91. The third-order valence-corrected chi connectivity index (χ3v) is 2.69. The van der Waals surface area contributed by atoms with Gasteiger partial charge < -0.3 is 15.6 Å². The molecule has 0 spiro atoms.